The molecule has 1 spiro atoms. The number of piperidine rings is 1. The topological polar surface area (TPSA) is 30.9 Å². The molecule has 3 rings (SSSR count). The second-order valence-electron chi connectivity index (χ2n) is 7.29. The lowest BCUT2D eigenvalue weighted by molar-refractivity contribution is -0.0167. The van der Waals surface area contributed by atoms with Crippen molar-refractivity contribution in [3.63, 3.8) is 0 Å². The fourth-order valence-corrected chi connectivity index (χ4v) is 3.21. The quantitative estimate of drug-likeness (QED) is 0.475. The Labute approximate surface area is 185 Å². The monoisotopic (exact) mass is 419 g/mol. The van der Waals surface area contributed by atoms with Crippen molar-refractivity contribution in [1.29, 1.82) is 0 Å². The summed E-state index contributed by atoms with van der Waals surface area (Å²) in [6.45, 7) is 23.6. The third-order valence-corrected chi connectivity index (χ3v) is 5.40. The van der Waals surface area contributed by atoms with Gasteiger partial charge in [0.1, 0.15) is 0 Å². The predicted octanol–water partition coefficient (Wildman–Crippen LogP) is 6.67. The predicted molar refractivity (Wildman–Crippen MR) is 130 cm³/mol. The maximum atomic E-state index is 5.41. The molecule has 0 aromatic rings. The van der Waals surface area contributed by atoms with E-state index in [1.165, 1.54) is 51.6 Å². The maximum Gasteiger partial charge on any atom is 0.0471 e. The van der Waals surface area contributed by atoms with Gasteiger partial charge in [0.15, 0.2) is 0 Å². The van der Waals surface area contributed by atoms with Crippen molar-refractivity contribution in [2.24, 2.45) is 11.3 Å². The molecule has 0 atom stereocenters. The van der Waals surface area contributed by atoms with Gasteiger partial charge in [0.25, 0.3) is 0 Å². The molecule has 0 saturated carbocycles. The zero-order valence-corrected chi connectivity index (χ0v) is 21.9. The maximum absolute atomic E-state index is 5.41. The lowest BCUT2D eigenvalue weighted by atomic mass is 9.73. The number of ether oxygens (including phenoxy) is 3. The highest BCUT2D eigenvalue weighted by atomic mass is 16.5. The Hall–Kier alpha value is -0.160. The van der Waals surface area contributed by atoms with Crippen LogP contribution in [0.25, 0.3) is 0 Å². The van der Waals surface area contributed by atoms with Crippen molar-refractivity contribution in [3.05, 3.63) is 0 Å². The Morgan fingerprint density at radius 2 is 1.17 bits per heavy atom. The van der Waals surface area contributed by atoms with Gasteiger partial charge in [-0.2, -0.15) is 0 Å². The first kappa shape index (κ1) is 33.5. The second kappa shape index (κ2) is 25.9. The highest BCUT2D eigenvalue weighted by molar-refractivity contribution is 4.86. The van der Waals surface area contributed by atoms with E-state index in [1.54, 1.807) is 7.11 Å². The molecule has 0 aliphatic carbocycles. The van der Waals surface area contributed by atoms with Crippen molar-refractivity contribution < 1.29 is 14.2 Å². The van der Waals surface area contributed by atoms with Gasteiger partial charge in [0.05, 0.1) is 0 Å². The summed E-state index contributed by atoms with van der Waals surface area (Å²) in [5, 5.41) is 0. The Morgan fingerprint density at radius 1 is 0.793 bits per heavy atom. The van der Waals surface area contributed by atoms with Gasteiger partial charge in [0.2, 0.25) is 0 Å². The van der Waals surface area contributed by atoms with Gasteiger partial charge in [-0.1, -0.05) is 48.5 Å². The van der Waals surface area contributed by atoms with Crippen LogP contribution >= 0.6 is 0 Å². The average Bonchev–Trinajstić information content (AvgIpc) is 2.82. The summed E-state index contributed by atoms with van der Waals surface area (Å²) in [7, 11) is 3.91. The van der Waals surface area contributed by atoms with E-state index < -0.39 is 0 Å². The van der Waals surface area contributed by atoms with Crippen molar-refractivity contribution >= 4 is 0 Å². The average molecular weight is 420 g/mol. The van der Waals surface area contributed by atoms with E-state index in [1.807, 2.05) is 48.5 Å². The Balaban J connectivity index is -0.000000342. The highest BCUT2D eigenvalue weighted by Crippen LogP contribution is 2.40. The Kier molecular flexibility index (Phi) is 29.9. The van der Waals surface area contributed by atoms with Gasteiger partial charge in [-0.3, -0.25) is 0 Å². The van der Waals surface area contributed by atoms with Crippen LogP contribution in [0.3, 0.4) is 0 Å². The minimum atomic E-state index is 0.671. The highest BCUT2D eigenvalue weighted by Gasteiger charge is 2.34. The van der Waals surface area contributed by atoms with Crippen LogP contribution in [0.15, 0.2) is 0 Å². The molecule has 0 N–H and O–H groups in total. The molecule has 3 aliphatic heterocycles. The minimum Gasteiger partial charge on any atom is -0.385 e. The van der Waals surface area contributed by atoms with Crippen LogP contribution in [0.4, 0.5) is 0 Å². The van der Waals surface area contributed by atoms with Crippen LogP contribution in [0.2, 0.25) is 0 Å². The molecule has 4 heteroatoms. The molecule has 29 heavy (non-hydrogen) atoms. The van der Waals surface area contributed by atoms with Crippen LogP contribution in [-0.4, -0.2) is 65.2 Å². The molecular formula is C25H57NO3. The lowest BCUT2D eigenvalue weighted by Crippen LogP contribution is -2.41. The molecule has 0 amide bonds. The minimum absolute atomic E-state index is 0.671. The summed E-state index contributed by atoms with van der Waals surface area (Å²) in [4.78, 5) is 2.45. The normalized spacial score (nSPS) is 20.5. The van der Waals surface area contributed by atoms with Crippen LogP contribution < -0.4 is 0 Å². The molecule has 0 aromatic carbocycles. The van der Waals surface area contributed by atoms with E-state index in [9.17, 15) is 0 Å². The van der Waals surface area contributed by atoms with Crippen LogP contribution in [0.5, 0.6) is 0 Å². The Bertz CT molecular complexity index is 263. The van der Waals surface area contributed by atoms with Gasteiger partial charge >= 0.3 is 0 Å². The summed E-state index contributed by atoms with van der Waals surface area (Å²) in [6.07, 6.45) is 7.93. The third-order valence-electron chi connectivity index (χ3n) is 5.40. The van der Waals surface area contributed by atoms with E-state index >= 15 is 0 Å². The van der Waals surface area contributed by atoms with E-state index in [-0.39, 0.29) is 0 Å². The number of hydrogen-bond acceptors (Lipinski definition) is 4. The second-order valence-corrected chi connectivity index (χ2v) is 7.29. The molecule has 180 valence electrons. The number of rotatable bonds is 1. The molecule has 3 fully saturated rings. The first-order chi connectivity index (χ1) is 14.1. The molecule has 3 aliphatic rings. The first-order valence-electron chi connectivity index (χ1n) is 12.4. The smallest absolute Gasteiger partial charge is 0.0471 e. The standard InChI is InChI=1S/C10H19NO.C6H12O.C3H8O.3C2H6/c1-11-6-2-10(3-7-11)4-8-12-9-5-10;1-6-2-4-7-5-3-6;1-3-4-2;3*1-2/h2-9H2,1H3;6H,2-5H2,1H3;3H2,1-2H3;3*1-2H3. The SMILES string of the molecule is CC.CC.CC.CC1CCOCC1.CCOC.CN1CCC2(CCOCC2)CC1. The van der Waals surface area contributed by atoms with Crippen molar-refractivity contribution in [2.75, 3.05) is 60.3 Å². The molecule has 0 radical (unpaired) electrons. The van der Waals surface area contributed by atoms with Crippen molar-refractivity contribution in [3.8, 4) is 0 Å². The zero-order valence-electron chi connectivity index (χ0n) is 21.9. The fraction of sp³-hybridized carbons (Fsp3) is 1.00. The van der Waals surface area contributed by atoms with E-state index in [0.29, 0.717) is 5.41 Å². The van der Waals surface area contributed by atoms with Gasteiger partial charge in [0, 0.05) is 40.1 Å². The van der Waals surface area contributed by atoms with E-state index in [2.05, 4.69) is 23.6 Å². The lowest BCUT2D eigenvalue weighted by Gasteiger charge is -2.43. The largest absolute Gasteiger partial charge is 0.385 e. The Morgan fingerprint density at radius 3 is 1.48 bits per heavy atom. The number of hydrogen-bond donors (Lipinski definition) is 0. The van der Waals surface area contributed by atoms with Crippen molar-refractivity contribution in [1.82, 2.24) is 4.90 Å². The molecule has 0 unspecified atom stereocenters. The fourth-order valence-electron chi connectivity index (χ4n) is 3.21. The summed E-state index contributed by atoms with van der Waals surface area (Å²) >= 11 is 0. The molecule has 3 heterocycles. The molecular weight excluding hydrogens is 362 g/mol. The number of likely N-dealkylation sites (tertiary alicyclic amines) is 1. The molecule has 0 aromatic heterocycles. The van der Waals surface area contributed by atoms with Crippen molar-refractivity contribution in [2.45, 2.75) is 93.9 Å². The van der Waals surface area contributed by atoms with Crippen LogP contribution in [-0.2, 0) is 14.2 Å². The van der Waals surface area contributed by atoms with Gasteiger partial charge in [-0.15, -0.1) is 0 Å². The van der Waals surface area contributed by atoms with Gasteiger partial charge in [-0.05, 0) is 76.9 Å². The van der Waals surface area contributed by atoms with Gasteiger partial charge in [-0.25, -0.2) is 0 Å². The molecule has 3 saturated heterocycles. The first-order valence-corrected chi connectivity index (χ1v) is 12.4. The summed E-state index contributed by atoms with van der Waals surface area (Å²) in [5.41, 5.74) is 0.671. The van der Waals surface area contributed by atoms with Gasteiger partial charge < -0.3 is 19.1 Å². The third kappa shape index (κ3) is 19.5. The molecule has 4 nitrogen and oxygen atoms in total. The number of methoxy groups -OCH3 is 1. The summed E-state index contributed by atoms with van der Waals surface area (Å²) < 4.78 is 15.1. The van der Waals surface area contributed by atoms with Crippen LogP contribution in [0.1, 0.15) is 93.9 Å². The van der Waals surface area contributed by atoms with E-state index in [4.69, 9.17) is 9.47 Å². The van der Waals surface area contributed by atoms with E-state index in [0.717, 1.165) is 39.0 Å². The zero-order chi connectivity index (χ0) is 23.0. The molecule has 0 bridgehead atoms. The summed E-state index contributed by atoms with van der Waals surface area (Å²) in [5.74, 6) is 0.911. The van der Waals surface area contributed by atoms with Crippen LogP contribution in [0, 0.1) is 11.3 Å². The summed E-state index contributed by atoms with van der Waals surface area (Å²) in [6, 6.07) is 0. The number of nitrogens with zero attached hydrogens (tertiary/aromatic N) is 1.